The standard InChI is InChI=1S/C28H28N2O5S/c1-2-3-12-19-30-27(28(32)21-13-6-4-7-14-21)26(23-17-10-11-18-24(23)36(30,33)34)29-25(31)20-35-22-15-8-5-9-16-22/h4-11,13-18H,2-3,12,19-20H2,1H3,(H,29,31). The van der Waals surface area contributed by atoms with E-state index in [1.54, 1.807) is 72.8 Å². The van der Waals surface area contributed by atoms with Gasteiger partial charge in [0.2, 0.25) is 5.78 Å². The van der Waals surface area contributed by atoms with Crippen molar-refractivity contribution in [2.24, 2.45) is 0 Å². The van der Waals surface area contributed by atoms with E-state index < -0.39 is 21.7 Å². The van der Waals surface area contributed by atoms with Crippen molar-refractivity contribution in [1.82, 2.24) is 9.62 Å². The second-order valence-corrected chi connectivity index (χ2v) is 10.2. The smallest absolute Gasteiger partial charge is 0.265 e. The Labute approximate surface area is 211 Å². The minimum Gasteiger partial charge on any atom is -0.484 e. The van der Waals surface area contributed by atoms with E-state index >= 15 is 0 Å². The van der Waals surface area contributed by atoms with Crippen molar-refractivity contribution in [1.29, 1.82) is 0 Å². The lowest BCUT2D eigenvalue weighted by Crippen LogP contribution is -2.42. The molecule has 1 heterocycles. The summed E-state index contributed by atoms with van der Waals surface area (Å²) in [5.41, 5.74) is 0.697. The zero-order valence-electron chi connectivity index (χ0n) is 20.0. The van der Waals surface area contributed by atoms with Crippen LogP contribution < -0.4 is 10.1 Å². The zero-order valence-corrected chi connectivity index (χ0v) is 20.8. The molecular formula is C28H28N2O5S. The molecule has 0 spiro atoms. The van der Waals surface area contributed by atoms with E-state index in [0.29, 0.717) is 17.7 Å². The minimum absolute atomic E-state index is 0.0467. The third-order valence-corrected chi connectivity index (χ3v) is 7.66. The van der Waals surface area contributed by atoms with Gasteiger partial charge in [0, 0.05) is 17.7 Å². The molecule has 36 heavy (non-hydrogen) atoms. The van der Waals surface area contributed by atoms with Gasteiger partial charge >= 0.3 is 0 Å². The van der Waals surface area contributed by atoms with E-state index in [9.17, 15) is 18.0 Å². The van der Waals surface area contributed by atoms with Gasteiger partial charge in [0.15, 0.2) is 6.61 Å². The molecule has 0 aliphatic carbocycles. The fourth-order valence-electron chi connectivity index (χ4n) is 4.05. The largest absolute Gasteiger partial charge is 0.484 e. The van der Waals surface area contributed by atoms with Gasteiger partial charge in [-0.3, -0.25) is 13.9 Å². The predicted octanol–water partition coefficient (Wildman–Crippen LogP) is 4.63. The van der Waals surface area contributed by atoms with Crippen LogP contribution in [0.2, 0.25) is 0 Å². The Bertz CT molecular complexity index is 1370. The first kappa shape index (κ1) is 25.2. The summed E-state index contributed by atoms with van der Waals surface area (Å²) in [4.78, 5) is 26.8. The summed E-state index contributed by atoms with van der Waals surface area (Å²) in [6.45, 7) is 1.84. The second kappa shape index (κ2) is 11.2. The maximum atomic E-state index is 13.8. The summed E-state index contributed by atoms with van der Waals surface area (Å²) in [6.07, 6.45) is 2.26. The number of unbranched alkanes of at least 4 members (excludes halogenated alkanes) is 2. The lowest BCUT2D eigenvalue weighted by molar-refractivity contribution is -0.121. The number of carbonyl (C=O) groups is 2. The van der Waals surface area contributed by atoms with Crippen LogP contribution in [0.4, 0.5) is 0 Å². The van der Waals surface area contributed by atoms with E-state index in [0.717, 1.165) is 17.1 Å². The first-order chi connectivity index (χ1) is 17.4. The second-order valence-electron chi connectivity index (χ2n) is 8.35. The fraction of sp³-hybridized carbons (Fsp3) is 0.214. The number of sulfonamides is 1. The van der Waals surface area contributed by atoms with Crippen molar-refractivity contribution in [3.8, 4) is 5.75 Å². The van der Waals surface area contributed by atoms with Crippen LogP contribution in [0.3, 0.4) is 0 Å². The van der Waals surface area contributed by atoms with Crippen LogP contribution >= 0.6 is 0 Å². The molecule has 8 heteroatoms. The van der Waals surface area contributed by atoms with Crippen molar-refractivity contribution in [3.05, 3.63) is 102 Å². The van der Waals surface area contributed by atoms with Gasteiger partial charge in [-0.2, -0.15) is 0 Å². The molecule has 0 bridgehead atoms. The number of para-hydroxylation sites is 1. The van der Waals surface area contributed by atoms with Crippen LogP contribution in [0.5, 0.6) is 5.75 Å². The molecule has 0 radical (unpaired) electrons. The van der Waals surface area contributed by atoms with Crippen molar-refractivity contribution >= 4 is 27.4 Å². The number of allylic oxidation sites excluding steroid dienone is 1. The number of amides is 1. The van der Waals surface area contributed by atoms with Gasteiger partial charge in [-0.25, -0.2) is 8.42 Å². The topological polar surface area (TPSA) is 92.8 Å². The molecule has 186 valence electrons. The molecule has 4 rings (SSSR count). The van der Waals surface area contributed by atoms with Crippen molar-refractivity contribution in [2.75, 3.05) is 13.2 Å². The summed E-state index contributed by atoms with van der Waals surface area (Å²) in [5.74, 6) is -0.464. The average Bonchev–Trinajstić information content (AvgIpc) is 2.91. The highest BCUT2D eigenvalue weighted by molar-refractivity contribution is 7.89. The van der Waals surface area contributed by atoms with E-state index in [4.69, 9.17) is 4.74 Å². The lowest BCUT2D eigenvalue weighted by atomic mass is 10.0. The number of ketones is 1. The lowest BCUT2D eigenvalue weighted by Gasteiger charge is -2.33. The molecular weight excluding hydrogens is 476 g/mol. The fourth-order valence-corrected chi connectivity index (χ4v) is 5.77. The number of nitrogens with one attached hydrogen (secondary N) is 1. The molecule has 0 atom stereocenters. The average molecular weight is 505 g/mol. The summed E-state index contributed by atoms with van der Waals surface area (Å²) >= 11 is 0. The van der Waals surface area contributed by atoms with E-state index in [1.165, 1.54) is 6.07 Å². The third kappa shape index (κ3) is 5.33. The number of hydrogen-bond donors (Lipinski definition) is 1. The number of fused-ring (bicyclic) bond motifs is 1. The Balaban J connectivity index is 1.80. The number of hydrogen-bond acceptors (Lipinski definition) is 5. The monoisotopic (exact) mass is 504 g/mol. The summed E-state index contributed by atoms with van der Waals surface area (Å²) in [5, 5.41) is 2.79. The number of benzene rings is 3. The van der Waals surface area contributed by atoms with Gasteiger partial charge in [0.1, 0.15) is 11.4 Å². The van der Waals surface area contributed by atoms with Gasteiger partial charge in [-0.1, -0.05) is 86.5 Å². The molecule has 0 unspecified atom stereocenters. The van der Waals surface area contributed by atoms with Gasteiger partial charge in [0.25, 0.3) is 15.9 Å². The van der Waals surface area contributed by atoms with Gasteiger partial charge in [-0.15, -0.1) is 0 Å². The maximum absolute atomic E-state index is 13.8. The highest BCUT2D eigenvalue weighted by atomic mass is 32.2. The Hall–Kier alpha value is -3.91. The molecule has 1 aliphatic rings. The first-order valence-electron chi connectivity index (χ1n) is 11.9. The molecule has 3 aromatic rings. The third-order valence-electron chi connectivity index (χ3n) is 5.80. The highest BCUT2D eigenvalue weighted by Gasteiger charge is 2.40. The number of ether oxygens (including phenoxy) is 1. The number of carbonyl (C=O) groups excluding carboxylic acids is 2. The number of Topliss-reactive ketones (excluding diaryl/α,β-unsaturated/α-hetero) is 1. The summed E-state index contributed by atoms with van der Waals surface area (Å²) in [7, 11) is -4.02. The molecule has 0 saturated carbocycles. The van der Waals surface area contributed by atoms with Crippen molar-refractivity contribution in [2.45, 2.75) is 31.1 Å². The number of nitrogens with zero attached hydrogens (tertiary/aromatic N) is 1. The molecule has 0 fully saturated rings. The Kier molecular flexibility index (Phi) is 7.85. The molecule has 0 aromatic heterocycles. The van der Waals surface area contributed by atoms with Crippen LogP contribution in [-0.4, -0.2) is 37.6 Å². The van der Waals surface area contributed by atoms with Crippen LogP contribution in [0.25, 0.3) is 5.70 Å². The van der Waals surface area contributed by atoms with Crippen molar-refractivity contribution in [3.63, 3.8) is 0 Å². The normalized spacial score (nSPS) is 14.2. The first-order valence-corrected chi connectivity index (χ1v) is 13.3. The van der Waals surface area contributed by atoms with Gasteiger partial charge in [0.05, 0.1) is 10.6 Å². The Morgan fingerprint density at radius 2 is 1.50 bits per heavy atom. The van der Waals surface area contributed by atoms with Crippen molar-refractivity contribution < 1.29 is 22.7 Å². The summed E-state index contributed by atoms with van der Waals surface area (Å²) in [6, 6.07) is 23.8. The van der Waals surface area contributed by atoms with Crippen LogP contribution in [0, 0.1) is 0 Å². The molecule has 1 amide bonds. The highest BCUT2D eigenvalue weighted by Crippen LogP contribution is 2.37. The quantitative estimate of drug-likeness (QED) is 0.321. The Morgan fingerprint density at radius 3 is 2.19 bits per heavy atom. The molecule has 1 aliphatic heterocycles. The predicted molar refractivity (Wildman–Crippen MR) is 138 cm³/mol. The number of rotatable bonds is 10. The molecule has 0 saturated heterocycles. The molecule has 3 aromatic carbocycles. The summed E-state index contributed by atoms with van der Waals surface area (Å²) < 4.78 is 34.1. The zero-order chi connectivity index (χ0) is 25.5. The van der Waals surface area contributed by atoms with Crippen LogP contribution in [0.1, 0.15) is 42.1 Å². The molecule has 7 nitrogen and oxygen atoms in total. The minimum atomic E-state index is -4.02. The van der Waals surface area contributed by atoms with Gasteiger partial charge < -0.3 is 10.1 Å². The van der Waals surface area contributed by atoms with E-state index in [2.05, 4.69) is 5.32 Å². The van der Waals surface area contributed by atoms with Crippen LogP contribution in [0.15, 0.2) is 95.5 Å². The van der Waals surface area contributed by atoms with E-state index in [1.807, 2.05) is 13.0 Å². The molecule has 1 N–H and O–H groups in total. The van der Waals surface area contributed by atoms with Gasteiger partial charge in [-0.05, 0) is 24.6 Å². The Morgan fingerprint density at radius 1 is 0.861 bits per heavy atom. The maximum Gasteiger partial charge on any atom is 0.265 e. The van der Waals surface area contributed by atoms with Crippen LogP contribution in [-0.2, 0) is 14.8 Å². The SMILES string of the molecule is CCCCCN1C(C(=O)c2ccccc2)=C(NC(=O)COc2ccccc2)c2ccccc2S1(=O)=O. The van der Waals surface area contributed by atoms with E-state index in [-0.39, 0.29) is 35.0 Å².